The second-order valence-electron chi connectivity index (χ2n) is 6.87. The van der Waals surface area contributed by atoms with E-state index >= 15 is 0 Å². The number of likely N-dealkylation sites (N-methyl/N-ethyl adjacent to an activating group) is 2. The molecule has 1 aromatic carbocycles. The molecule has 2 heterocycles. The number of aryl methyl sites for hydroxylation is 1. The molecule has 0 saturated heterocycles. The Morgan fingerprint density at radius 2 is 1.96 bits per heavy atom. The maximum Gasteiger partial charge on any atom is 0.328 e. The number of hydrogen-bond acceptors (Lipinski definition) is 4. The highest BCUT2D eigenvalue weighted by atomic mass is 16.2. The number of carbonyl (C=O) groups excluding carboxylic acids is 1. The van der Waals surface area contributed by atoms with E-state index in [0.29, 0.717) is 6.54 Å². The second kappa shape index (κ2) is 7.70. The standard InChI is InChI=1S/C19H24N4O3/c1-21-12-15-6-4-3-5-14(15)11-16(21)13-22(2)18(25)8-10-23-9-7-17(24)20-19(23)26/h3-7,9,16H,8,10-13H2,1-2H3,(H,20,24,26). The van der Waals surface area contributed by atoms with E-state index in [2.05, 4.69) is 41.2 Å². The van der Waals surface area contributed by atoms with Gasteiger partial charge >= 0.3 is 5.69 Å². The molecule has 1 aromatic heterocycles. The monoisotopic (exact) mass is 356 g/mol. The summed E-state index contributed by atoms with van der Waals surface area (Å²) in [6, 6.07) is 9.97. The zero-order chi connectivity index (χ0) is 18.7. The minimum atomic E-state index is -0.489. The van der Waals surface area contributed by atoms with Crippen molar-refractivity contribution in [1.29, 1.82) is 0 Å². The van der Waals surface area contributed by atoms with Crippen molar-refractivity contribution < 1.29 is 4.79 Å². The fraction of sp³-hybridized carbons (Fsp3) is 0.421. The van der Waals surface area contributed by atoms with E-state index in [4.69, 9.17) is 0 Å². The molecule has 3 rings (SSSR count). The van der Waals surface area contributed by atoms with Gasteiger partial charge in [-0.25, -0.2) is 4.79 Å². The van der Waals surface area contributed by atoms with E-state index in [-0.39, 0.29) is 24.9 Å². The first-order valence-electron chi connectivity index (χ1n) is 8.75. The Hall–Kier alpha value is -2.67. The number of amides is 1. The summed E-state index contributed by atoms with van der Waals surface area (Å²) in [5.74, 6) is -0.0182. The molecule has 7 nitrogen and oxygen atoms in total. The minimum absolute atomic E-state index is 0.0182. The maximum atomic E-state index is 12.4. The topological polar surface area (TPSA) is 78.4 Å². The molecule has 2 aromatic rings. The quantitative estimate of drug-likeness (QED) is 0.843. The van der Waals surface area contributed by atoms with Gasteiger partial charge < -0.3 is 9.47 Å². The molecular weight excluding hydrogens is 332 g/mol. The fourth-order valence-electron chi connectivity index (χ4n) is 3.37. The number of hydrogen-bond donors (Lipinski definition) is 1. The van der Waals surface area contributed by atoms with Crippen LogP contribution in [0.3, 0.4) is 0 Å². The van der Waals surface area contributed by atoms with Gasteiger partial charge in [0.25, 0.3) is 5.56 Å². The highest BCUT2D eigenvalue weighted by molar-refractivity contribution is 5.75. The predicted octanol–water partition coefficient (Wildman–Crippen LogP) is 0.442. The van der Waals surface area contributed by atoms with Crippen LogP contribution in [-0.2, 0) is 24.3 Å². The number of nitrogens with zero attached hydrogens (tertiary/aromatic N) is 3. The lowest BCUT2D eigenvalue weighted by Gasteiger charge is -2.36. The Bertz CT molecular complexity index is 902. The van der Waals surface area contributed by atoms with E-state index < -0.39 is 11.2 Å². The van der Waals surface area contributed by atoms with Crippen molar-refractivity contribution in [1.82, 2.24) is 19.4 Å². The highest BCUT2D eigenvalue weighted by Gasteiger charge is 2.25. The summed E-state index contributed by atoms with van der Waals surface area (Å²) in [4.78, 5) is 41.4. The average Bonchev–Trinajstić information content (AvgIpc) is 2.61. The molecular formula is C19H24N4O3. The molecule has 0 aliphatic carbocycles. The van der Waals surface area contributed by atoms with Crippen LogP contribution in [0.1, 0.15) is 17.5 Å². The Morgan fingerprint density at radius 1 is 1.23 bits per heavy atom. The fourth-order valence-corrected chi connectivity index (χ4v) is 3.37. The lowest BCUT2D eigenvalue weighted by molar-refractivity contribution is -0.130. The van der Waals surface area contributed by atoms with Gasteiger partial charge in [0.2, 0.25) is 5.91 Å². The summed E-state index contributed by atoms with van der Waals surface area (Å²) in [5.41, 5.74) is 1.76. The van der Waals surface area contributed by atoms with Gasteiger partial charge in [0, 0.05) is 51.4 Å². The number of rotatable bonds is 5. The van der Waals surface area contributed by atoms with Gasteiger partial charge in [-0.15, -0.1) is 0 Å². The van der Waals surface area contributed by atoms with Crippen molar-refractivity contribution in [2.75, 3.05) is 20.6 Å². The number of carbonyl (C=O) groups is 1. The Balaban J connectivity index is 1.57. The van der Waals surface area contributed by atoms with Crippen LogP contribution < -0.4 is 11.2 Å². The Labute approximate surface area is 151 Å². The molecule has 0 saturated carbocycles. The summed E-state index contributed by atoms with van der Waals surface area (Å²) < 4.78 is 1.34. The van der Waals surface area contributed by atoms with Crippen molar-refractivity contribution in [3.05, 3.63) is 68.5 Å². The van der Waals surface area contributed by atoms with Gasteiger partial charge in [-0.1, -0.05) is 24.3 Å². The molecule has 1 atom stereocenters. The maximum absolute atomic E-state index is 12.4. The van der Waals surface area contributed by atoms with Gasteiger partial charge in [-0.3, -0.25) is 19.5 Å². The molecule has 1 aliphatic rings. The van der Waals surface area contributed by atoms with Crippen LogP contribution in [0.4, 0.5) is 0 Å². The van der Waals surface area contributed by atoms with Crippen molar-refractivity contribution in [2.45, 2.75) is 32.0 Å². The first-order valence-corrected chi connectivity index (χ1v) is 8.75. The van der Waals surface area contributed by atoms with E-state index in [9.17, 15) is 14.4 Å². The lowest BCUT2D eigenvalue weighted by atomic mass is 9.94. The highest BCUT2D eigenvalue weighted by Crippen LogP contribution is 2.22. The van der Waals surface area contributed by atoms with Crippen molar-refractivity contribution in [2.24, 2.45) is 0 Å². The zero-order valence-electron chi connectivity index (χ0n) is 15.1. The smallest absolute Gasteiger partial charge is 0.328 e. The first-order chi connectivity index (χ1) is 12.4. The van der Waals surface area contributed by atoms with E-state index in [1.165, 1.54) is 28.0 Å². The molecule has 7 heteroatoms. The van der Waals surface area contributed by atoms with E-state index in [0.717, 1.165) is 13.0 Å². The summed E-state index contributed by atoms with van der Waals surface area (Å²) in [7, 11) is 3.88. The predicted molar refractivity (Wildman–Crippen MR) is 99.0 cm³/mol. The lowest BCUT2D eigenvalue weighted by Crippen LogP contribution is -2.46. The molecule has 1 N–H and O–H groups in total. The number of aromatic amines is 1. The minimum Gasteiger partial charge on any atom is -0.344 e. The molecule has 0 bridgehead atoms. The van der Waals surface area contributed by atoms with Crippen molar-refractivity contribution in [3.8, 4) is 0 Å². The van der Waals surface area contributed by atoms with Crippen LogP contribution in [0.15, 0.2) is 46.1 Å². The van der Waals surface area contributed by atoms with Crippen LogP contribution >= 0.6 is 0 Å². The van der Waals surface area contributed by atoms with E-state index in [1.54, 1.807) is 11.9 Å². The van der Waals surface area contributed by atoms with Gasteiger partial charge in [0.15, 0.2) is 0 Å². The SMILES string of the molecule is CN(CC1Cc2ccccc2CN1C)C(=O)CCn1ccc(=O)[nH]c1=O. The normalized spacial score (nSPS) is 16.9. The number of fused-ring (bicyclic) bond motifs is 1. The molecule has 138 valence electrons. The zero-order valence-corrected chi connectivity index (χ0v) is 15.1. The molecule has 26 heavy (non-hydrogen) atoms. The van der Waals surface area contributed by atoms with Crippen LogP contribution in [0.2, 0.25) is 0 Å². The van der Waals surface area contributed by atoms with Crippen LogP contribution in [0, 0.1) is 0 Å². The molecule has 1 aliphatic heterocycles. The van der Waals surface area contributed by atoms with E-state index in [1.807, 2.05) is 0 Å². The second-order valence-corrected chi connectivity index (χ2v) is 6.87. The largest absolute Gasteiger partial charge is 0.344 e. The molecule has 0 fully saturated rings. The van der Waals surface area contributed by atoms with Crippen LogP contribution in [-0.4, -0.2) is 51.9 Å². The Morgan fingerprint density at radius 3 is 2.69 bits per heavy atom. The van der Waals surface area contributed by atoms with Crippen molar-refractivity contribution in [3.63, 3.8) is 0 Å². The Kier molecular flexibility index (Phi) is 5.37. The van der Waals surface area contributed by atoms with Crippen molar-refractivity contribution >= 4 is 5.91 Å². The number of H-pyrrole nitrogens is 1. The summed E-state index contributed by atoms with van der Waals surface area (Å²) in [6.07, 6.45) is 2.55. The summed E-state index contributed by atoms with van der Waals surface area (Å²) >= 11 is 0. The summed E-state index contributed by atoms with van der Waals surface area (Å²) in [6.45, 7) is 1.78. The summed E-state index contributed by atoms with van der Waals surface area (Å²) in [5, 5.41) is 0. The number of aromatic nitrogens is 2. The van der Waals surface area contributed by atoms with Crippen LogP contribution in [0.25, 0.3) is 0 Å². The number of benzene rings is 1. The molecule has 0 radical (unpaired) electrons. The van der Waals surface area contributed by atoms with Gasteiger partial charge in [-0.2, -0.15) is 0 Å². The average molecular weight is 356 g/mol. The molecule has 1 amide bonds. The van der Waals surface area contributed by atoms with Crippen LogP contribution in [0.5, 0.6) is 0 Å². The van der Waals surface area contributed by atoms with Gasteiger partial charge in [-0.05, 0) is 24.6 Å². The third-order valence-electron chi connectivity index (χ3n) is 4.99. The molecule has 1 unspecified atom stereocenters. The molecule has 0 spiro atoms. The first kappa shape index (κ1) is 18.1. The third kappa shape index (κ3) is 4.11. The van der Waals surface area contributed by atoms with Gasteiger partial charge in [0.05, 0.1) is 0 Å². The van der Waals surface area contributed by atoms with Gasteiger partial charge in [0.1, 0.15) is 0 Å². The number of nitrogens with one attached hydrogen (secondary N) is 1. The third-order valence-corrected chi connectivity index (χ3v) is 4.99.